The molecule has 7 heteroatoms. The van der Waals surface area contributed by atoms with E-state index in [0.29, 0.717) is 22.3 Å². The van der Waals surface area contributed by atoms with Gasteiger partial charge in [-0.05, 0) is 61.4 Å². The summed E-state index contributed by atoms with van der Waals surface area (Å²) in [6.45, 7) is 3.72. The number of ether oxygens (including phenoxy) is 1. The molecule has 2 N–H and O–H groups in total. The number of aryl methyl sites for hydroxylation is 2. The van der Waals surface area contributed by atoms with Crippen LogP contribution in [0.25, 0.3) is 11.3 Å². The highest BCUT2D eigenvalue weighted by Gasteiger charge is 2.08. The van der Waals surface area contributed by atoms with Crippen LogP contribution in [0, 0.1) is 13.8 Å². The molecule has 0 saturated carbocycles. The van der Waals surface area contributed by atoms with Crippen molar-refractivity contribution < 1.29 is 9.53 Å². The molecule has 1 amide bonds. The van der Waals surface area contributed by atoms with E-state index in [0.717, 1.165) is 28.1 Å². The Morgan fingerprint density at radius 1 is 0.909 bits per heavy atom. The molecule has 33 heavy (non-hydrogen) atoms. The van der Waals surface area contributed by atoms with Gasteiger partial charge in [0.2, 0.25) is 0 Å². The highest BCUT2D eigenvalue weighted by atomic mass is 35.5. The number of aromatic nitrogens is 2. The van der Waals surface area contributed by atoms with Gasteiger partial charge < -0.3 is 15.4 Å². The summed E-state index contributed by atoms with van der Waals surface area (Å²) < 4.78 is 5.61. The van der Waals surface area contributed by atoms with Crippen LogP contribution in [0.15, 0.2) is 79.1 Å². The number of hydrogen-bond acceptors (Lipinski definition) is 5. The third kappa shape index (κ3) is 5.87. The Balaban J connectivity index is 1.33. The van der Waals surface area contributed by atoms with E-state index >= 15 is 0 Å². The van der Waals surface area contributed by atoms with Crippen molar-refractivity contribution in [2.45, 2.75) is 13.8 Å². The Labute approximate surface area is 197 Å². The molecule has 6 nitrogen and oxygen atoms in total. The molecule has 0 aliphatic rings. The summed E-state index contributed by atoms with van der Waals surface area (Å²) in [5, 5.41) is 6.80. The first kappa shape index (κ1) is 22.3. The number of amides is 1. The normalized spacial score (nSPS) is 10.5. The molecule has 4 rings (SSSR count). The lowest BCUT2D eigenvalue weighted by Crippen LogP contribution is -2.20. The molecule has 4 aromatic rings. The van der Waals surface area contributed by atoms with Gasteiger partial charge in [-0.3, -0.25) is 4.79 Å². The van der Waals surface area contributed by atoms with Crippen LogP contribution in [0.3, 0.4) is 0 Å². The minimum absolute atomic E-state index is 0.0935. The number of nitrogens with one attached hydrogen (secondary N) is 2. The molecular formula is C26H23ClN4O2. The molecule has 0 unspecified atom stereocenters. The van der Waals surface area contributed by atoms with Gasteiger partial charge in [0.1, 0.15) is 17.9 Å². The van der Waals surface area contributed by atoms with E-state index in [9.17, 15) is 4.79 Å². The summed E-state index contributed by atoms with van der Waals surface area (Å²) in [6.07, 6.45) is 1.53. The lowest BCUT2D eigenvalue weighted by atomic mass is 10.1. The van der Waals surface area contributed by atoms with Gasteiger partial charge in [-0.2, -0.15) is 0 Å². The molecule has 0 radical (unpaired) electrons. The van der Waals surface area contributed by atoms with E-state index < -0.39 is 0 Å². The Kier molecular flexibility index (Phi) is 6.86. The van der Waals surface area contributed by atoms with Crippen LogP contribution in [-0.4, -0.2) is 22.5 Å². The number of benzene rings is 3. The van der Waals surface area contributed by atoms with Gasteiger partial charge >= 0.3 is 0 Å². The van der Waals surface area contributed by atoms with Gasteiger partial charge in [-0.15, -0.1) is 0 Å². The highest BCUT2D eigenvalue weighted by Crippen LogP contribution is 2.26. The molecular weight excluding hydrogens is 436 g/mol. The zero-order valence-electron chi connectivity index (χ0n) is 18.3. The van der Waals surface area contributed by atoms with Crippen molar-refractivity contribution in [3.05, 3.63) is 95.3 Å². The number of anilines is 3. The summed E-state index contributed by atoms with van der Waals surface area (Å²) in [6, 6.07) is 22.8. The molecule has 3 aromatic carbocycles. The first-order valence-corrected chi connectivity index (χ1v) is 10.8. The maximum absolute atomic E-state index is 12.3. The fourth-order valence-electron chi connectivity index (χ4n) is 3.31. The van der Waals surface area contributed by atoms with E-state index in [2.05, 4.69) is 20.6 Å². The second kappa shape index (κ2) is 10.1. The summed E-state index contributed by atoms with van der Waals surface area (Å²) >= 11 is 6.17. The second-order valence-corrected chi connectivity index (χ2v) is 7.94. The Morgan fingerprint density at radius 2 is 1.58 bits per heavy atom. The van der Waals surface area contributed by atoms with Crippen molar-refractivity contribution in [3.8, 4) is 17.0 Å². The Morgan fingerprint density at radius 3 is 2.27 bits per heavy atom. The average molecular weight is 459 g/mol. The number of halogens is 1. The SMILES string of the molecule is Cc1cc(OCC(=O)Nc2ccc(Nc3cc(-c4ccccc4)ncn3)cc2)cc(C)c1Cl. The van der Waals surface area contributed by atoms with Gasteiger partial charge in [0.05, 0.1) is 5.69 Å². The van der Waals surface area contributed by atoms with Crippen LogP contribution in [-0.2, 0) is 4.79 Å². The Hall–Kier alpha value is -3.90. The smallest absolute Gasteiger partial charge is 0.262 e. The van der Waals surface area contributed by atoms with E-state index in [1.807, 2.05) is 86.6 Å². The first-order valence-electron chi connectivity index (χ1n) is 10.4. The van der Waals surface area contributed by atoms with Crippen molar-refractivity contribution in [1.29, 1.82) is 0 Å². The average Bonchev–Trinajstić information content (AvgIpc) is 2.83. The third-order valence-corrected chi connectivity index (χ3v) is 5.55. The van der Waals surface area contributed by atoms with Crippen molar-refractivity contribution in [1.82, 2.24) is 9.97 Å². The minimum atomic E-state index is -0.246. The zero-order chi connectivity index (χ0) is 23.2. The van der Waals surface area contributed by atoms with E-state index in [1.165, 1.54) is 6.33 Å². The second-order valence-electron chi connectivity index (χ2n) is 7.56. The number of carbonyl (C=O) groups is 1. The third-order valence-electron chi connectivity index (χ3n) is 4.96. The van der Waals surface area contributed by atoms with Gasteiger partial charge in [0.15, 0.2) is 6.61 Å². The van der Waals surface area contributed by atoms with Gasteiger partial charge in [0.25, 0.3) is 5.91 Å². The predicted octanol–water partition coefficient (Wildman–Crippen LogP) is 6.17. The maximum Gasteiger partial charge on any atom is 0.262 e. The summed E-state index contributed by atoms with van der Waals surface area (Å²) in [4.78, 5) is 20.9. The van der Waals surface area contributed by atoms with Crippen LogP contribution in [0.2, 0.25) is 5.02 Å². The fourth-order valence-corrected chi connectivity index (χ4v) is 3.42. The maximum atomic E-state index is 12.3. The van der Waals surface area contributed by atoms with Crippen molar-refractivity contribution >= 4 is 34.7 Å². The largest absolute Gasteiger partial charge is 0.484 e. The monoisotopic (exact) mass is 458 g/mol. The quantitative estimate of drug-likeness (QED) is 0.346. The van der Waals surface area contributed by atoms with Crippen molar-refractivity contribution in [2.75, 3.05) is 17.2 Å². The molecule has 0 aliphatic carbocycles. The lowest BCUT2D eigenvalue weighted by Gasteiger charge is -2.11. The van der Waals surface area contributed by atoms with Crippen LogP contribution in [0.1, 0.15) is 11.1 Å². The molecule has 0 saturated heterocycles. The molecule has 0 spiro atoms. The van der Waals surface area contributed by atoms with Crippen molar-refractivity contribution in [3.63, 3.8) is 0 Å². The van der Waals surface area contributed by atoms with Crippen molar-refractivity contribution in [2.24, 2.45) is 0 Å². The van der Waals surface area contributed by atoms with Crippen LogP contribution >= 0.6 is 11.6 Å². The minimum Gasteiger partial charge on any atom is -0.484 e. The molecule has 0 aliphatic heterocycles. The molecule has 1 heterocycles. The van der Waals surface area contributed by atoms with Gasteiger partial charge in [-0.25, -0.2) is 9.97 Å². The first-order chi connectivity index (χ1) is 16.0. The summed E-state index contributed by atoms with van der Waals surface area (Å²) in [7, 11) is 0. The fraction of sp³-hybridized carbons (Fsp3) is 0.115. The predicted molar refractivity (Wildman–Crippen MR) is 132 cm³/mol. The van der Waals surface area contributed by atoms with Crippen LogP contribution < -0.4 is 15.4 Å². The number of carbonyl (C=O) groups excluding carboxylic acids is 1. The molecule has 0 fully saturated rings. The van der Waals surface area contributed by atoms with Gasteiger partial charge in [-0.1, -0.05) is 41.9 Å². The number of rotatable bonds is 7. The lowest BCUT2D eigenvalue weighted by molar-refractivity contribution is -0.118. The molecule has 0 atom stereocenters. The standard InChI is InChI=1S/C26H23ClN4O2/c1-17-12-22(13-18(2)26(17)27)33-15-25(32)31-21-10-8-20(9-11-21)30-24-14-23(28-16-29-24)19-6-4-3-5-7-19/h3-14,16H,15H2,1-2H3,(H,31,32)(H,28,29,30). The topological polar surface area (TPSA) is 76.1 Å². The summed E-state index contributed by atoms with van der Waals surface area (Å²) in [5.41, 5.74) is 5.19. The zero-order valence-corrected chi connectivity index (χ0v) is 19.1. The van der Waals surface area contributed by atoms with Gasteiger partial charge in [0, 0.05) is 28.0 Å². The number of nitrogens with zero attached hydrogens (tertiary/aromatic N) is 2. The van der Waals surface area contributed by atoms with E-state index in [-0.39, 0.29) is 12.5 Å². The molecule has 0 bridgehead atoms. The number of hydrogen-bond donors (Lipinski definition) is 2. The van der Waals surface area contributed by atoms with Crippen LogP contribution in [0.4, 0.5) is 17.2 Å². The van der Waals surface area contributed by atoms with E-state index in [1.54, 1.807) is 0 Å². The molecule has 166 valence electrons. The highest BCUT2D eigenvalue weighted by molar-refractivity contribution is 6.32. The Bertz CT molecular complexity index is 1240. The van der Waals surface area contributed by atoms with E-state index in [4.69, 9.17) is 16.3 Å². The summed E-state index contributed by atoms with van der Waals surface area (Å²) in [5.74, 6) is 1.05. The molecule has 1 aromatic heterocycles. The van der Waals surface area contributed by atoms with Crippen LogP contribution in [0.5, 0.6) is 5.75 Å².